The molecule has 1 N–H and O–H groups in total. The fraction of sp³-hybridized carbons (Fsp3) is 0.533. The van der Waals surface area contributed by atoms with Crippen LogP contribution in [0.2, 0.25) is 0 Å². The van der Waals surface area contributed by atoms with Gasteiger partial charge < -0.3 is 5.32 Å². The van der Waals surface area contributed by atoms with Crippen LogP contribution in [0.15, 0.2) is 24.3 Å². The zero-order valence-electron chi connectivity index (χ0n) is 10.7. The van der Waals surface area contributed by atoms with E-state index in [9.17, 15) is 4.79 Å². The lowest BCUT2D eigenvalue weighted by molar-refractivity contribution is 0.0907. The second-order valence-corrected chi connectivity index (χ2v) is 5.06. The lowest BCUT2D eigenvalue weighted by Gasteiger charge is -2.13. The highest BCUT2D eigenvalue weighted by Crippen LogP contribution is 2.21. The van der Waals surface area contributed by atoms with Crippen molar-refractivity contribution in [1.29, 1.82) is 0 Å². The van der Waals surface area contributed by atoms with E-state index in [1.54, 1.807) is 0 Å². The Morgan fingerprint density at radius 2 is 2.24 bits per heavy atom. The largest absolute Gasteiger partial charge is 0.316 e. The number of carbonyl (C=O) groups is 1. The first-order chi connectivity index (χ1) is 8.22. The second kappa shape index (κ2) is 5.46. The molecule has 1 aromatic rings. The Balaban J connectivity index is 2.15. The number of ketones is 1. The summed E-state index contributed by atoms with van der Waals surface area (Å²) in [4.78, 5) is 12.4. The van der Waals surface area contributed by atoms with Crippen molar-refractivity contribution in [3.05, 3.63) is 35.4 Å². The van der Waals surface area contributed by atoms with Crippen LogP contribution in [0.5, 0.6) is 0 Å². The van der Waals surface area contributed by atoms with Gasteiger partial charge in [-0.05, 0) is 30.5 Å². The number of hydrogen-bond acceptors (Lipinski definition) is 2. The molecule has 1 aromatic carbocycles. The standard InChI is InChI=1S/C15H21NO/c1-3-5-12-6-4-7-13(8-12)15(17)14-10-16-9-11(14)2/h4,6-8,11,14,16H,3,5,9-10H2,1-2H3. The van der Waals surface area contributed by atoms with E-state index < -0.39 is 0 Å². The van der Waals surface area contributed by atoms with Crippen LogP contribution in [0.4, 0.5) is 0 Å². The summed E-state index contributed by atoms with van der Waals surface area (Å²) in [7, 11) is 0. The molecule has 0 radical (unpaired) electrons. The zero-order valence-corrected chi connectivity index (χ0v) is 10.7. The van der Waals surface area contributed by atoms with Gasteiger partial charge in [-0.2, -0.15) is 0 Å². The summed E-state index contributed by atoms with van der Waals surface area (Å²) in [5.74, 6) is 0.921. The molecule has 0 aliphatic carbocycles. The van der Waals surface area contributed by atoms with Crippen molar-refractivity contribution < 1.29 is 4.79 Å². The Bertz CT molecular complexity index is 400. The summed E-state index contributed by atoms with van der Waals surface area (Å²) in [6, 6.07) is 8.13. The van der Waals surface area contributed by atoms with E-state index in [1.807, 2.05) is 12.1 Å². The van der Waals surface area contributed by atoms with Crippen LogP contribution in [-0.4, -0.2) is 18.9 Å². The van der Waals surface area contributed by atoms with Gasteiger partial charge in [0.25, 0.3) is 0 Å². The van der Waals surface area contributed by atoms with Crippen LogP contribution in [0.25, 0.3) is 0 Å². The normalized spacial score (nSPS) is 23.9. The molecule has 0 spiro atoms. The van der Waals surface area contributed by atoms with Crippen molar-refractivity contribution in [2.45, 2.75) is 26.7 Å². The number of rotatable bonds is 4. The minimum atomic E-state index is 0.159. The zero-order chi connectivity index (χ0) is 12.3. The molecule has 0 amide bonds. The topological polar surface area (TPSA) is 29.1 Å². The molecule has 2 unspecified atom stereocenters. The molecule has 1 aliphatic rings. The maximum Gasteiger partial charge on any atom is 0.167 e. The van der Waals surface area contributed by atoms with Gasteiger partial charge >= 0.3 is 0 Å². The van der Waals surface area contributed by atoms with Crippen LogP contribution < -0.4 is 5.32 Å². The highest BCUT2D eigenvalue weighted by molar-refractivity contribution is 5.98. The van der Waals surface area contributed by atoms with Crippen molar-refractivity contribution in [3.63, 3.8) is 0 Å². The highest BCUT2D eigenvalue weighted by Gasteiger charge is 2.30. The Kier molecular flexibility index (Phi) is 3.95. The van der Waals surface area contributed by atoms with E-state index in [2.05, 4.69) is 31.3 Å². The molecule has 1 saturated heterocycles. The maximum atomic E-state index is 12.4. The summed E-state index contributed by atoms with van der Waals surface area (Å²) >= 11 is 0. The van der Waals surface area contributed by atoms with Crippen molar-refractivity contribution >= 4 is 5.78 Å². The number of benzene rings is 1. The third kappa shape index (κ3) is 2.75. The molecule has 1 heterocycles. The van der Waals surface area contributed by atoms with Gasteiger partial charge in [0, 0.05) is 18.0 Å². The molecule has 0 saturated carbocycles. The van der Waals surface area contributed by atoms with Crippen LogP contribution in [0.3, 0.4) is 0 Å². The minimum Gasteiger partial charge on any atom is -0.316 e. The Morgan fingerprint density at radius 3 is 2.88 bits per heavy atom. The van der Waals surface area contributed by atoms with Crippen molar-refractivity contribution in [2.75, 3.05) is 13.1 Å². The summed E-state index contributed by atoms with van der Waals surface area (Å²) in [5.41, 5.74) is 2.16. The first-order valence-corrected chi connectivity index (χ1v) is 6.56. The van der Waals surface area contributed by atoms with Crippen LogP contribution in [0, 0.1) is 11.8 Å². The molecule has 1 aliphatic heterocycles. The number of hydrogen-bond donors (Lipinski definition) is 1. The van der Waals surface area contributed by atoms with Gasteiger partial charge in [-0.1, -0.05) is 38.5 Å². The first-order valence-electron chi connectivity index (χ1n) is 6.56. The molecule has 2 rings (SSSR count). The lowest BCUT2D eigenvalue weighted by atomic mass is 9.89. The van der Waals surface area contributed by atoms with Crippen molar-refractivity contribution in [3.8, 4) is 0 Å². The van der Waals surface area contributed by atoms with Gasteiger partial charge in [0.05, 0.1) is 0 Å². The quantitative estimate of drug-likeness (QED) is 0.807. The van der Waals surface area contributed by atoms with E-state index in [0.29, 0.717) is 11.7 Å². The van der Waals surface area contributed by atoms with E-state index in [-0.39, 0.29) is 5.92 Å². The molecule has 2 nitrogen and oxygen atoms in total. The molecular formula is C15H21NO. The molecule has 17 heavy (non-hydrogen) atoms. The van der Waals surface area contributed by atoms with Gasteiger partial charge in [-0.3, -0.25) is 4.79 Å². The van der Waals surface area contributed by atoms with E-state index in [4.69, 9.17) is 0 Å². The monoisotopic (exact) mass is 231 g/mol. The molecular weight excluding hydrogens is 210 g/mol. The average molecular weight is 231 g/mol. The lowest BCUT2D eigenvalue weighted by Crippen LogP contribution is -2.21. The van der Waals surface area contributed by atoms with Crippen LogP contribution in [-0.2, 0) is 6.42 Å². The molecule has 2 heteroatoms. The van der Waals surface area contributed by atoms with Gasteiger partial charge in [0.15, 0.2) is 5.78 Å². The minimum absolute atomic E-state index is 0.159. The van der Waals surface area contributed by atoms with Crippen molar-refractivity contribution in [2.24, 2.45) is 11.8 Å². The SMILES string of the molecule is CCCc1cccc(C(=O)C2CNCC2C)c1. The highest BCUT2D eigenvalue weighted by atomic mass is 16.1. The predicted molar refractivity (Wildman–Crippen MR) is 70.3 cm³/mol. The molecule has 0 bridgehead atoms. The number of Topliss-reactive ketones (excluding diaryl/α,β-unsaturated/α-hetero) is 1. The molecule has 92 valence electrons. The molecule has 1 fully saturated rings. The maximum absolute atomic E-state index is 12.4. The average Bonchev–Trinajstić information content (AvgIpc) is 2.75. The van der Waals surface area contributed by atoms with Crippen LogP contribution in [0.1, 0.15) is 36.2 Å². The smallest absolute Gasteiger partial charge is 0.167 e. The van der Waals surface area contributed by atoms with Gasteiger partial charge in [0.1, 0.15) is 0 Å². The molecule has 2 atom stereocenters. The van der Waals surface area contributed by atoms with Gasteiger partial charge in [-0.15, -0.1) is 0 Å². The van der Waals surface area contributed by atoms with Gasteiger partial charge in [0.2, 0.25) is 0 Å². The fourth-order valence-corrected chi connectivity index (χ4v) is 2.54. The Labute approximate surface area is 103 Å². The summed E-state index contributed by atoms with van der Waals surface area (Å²) in [6.07, 6.45) is 2.18. The summed E-state index contributed by atoms with van der Waals surface area (Å²) in [5, 5.41) is 3.29. The summed E-state index contributed by atoms with van der Waals surface area (Å²) < 4.78 is 0. The number of carbonyl (C=O) groups excluding carboxylic acids is 1. The van der Waals surface area contributed by atoms with E-state index in [0.717, 1.165) is 31.5 Å². The Morgan fingerprint density at radius 1 is 1.41 bits per heavy atom. The molecule has 0 aromatic heterocycles. The third-order valence-electron chi connectivity index (χ3n) is 3.60. The van der Waals surface area contributed by atoms with E-state index in [1.165, 1.54) is 5.56 Å². The third-order valence-corrected chi connectivity index (χ3v) is 3.60. The summed E-state index contributed by atoms with van der Waals surface area (Å²) in [6.45, 7) is 6.11. The fourth-order valence-electron chi connectivity index (χ4n) is 2.54. The number of nitrogens with one attached hydrogen (secondary N) is 1. The predicted octanol–water partition coefficient (Wildman–Crippen LogP) is 2.68. The van der Waals surface area contributed by atoms with Crippen molar-refractivity contribution in [1.82, 2.24) is 5.32 Å². The van der Waals surface area contributed by atoms with Gasteiger partial charge in [-0.25, -0.2) is 0 Å². The number of aryl methyl sites for hydroxylation is 1. The van der Waals surface area contributed by atoms with E-state index >= 15 is 0 Å². The Hall–Kier alpha value is -1.15. The van der Waals surface area contributed by atoms with Crippen LogP contribution >= 0.6 is 0 Å². The second-order valence-electron chi connectivity index (χ2n) is 5.06. The first kappa shape index (κ1) is 12.3.